The molecule has 0 radical (unpaired) electrons. The van der Waals surface area contributed by atoms with Gasteiger partial charge < -0.3 is 20.0 Å². The van der Waals surface area contributed by atoms with Crippen LogP contribution in [0.3, 0.4) is 0 Å². The molecular weight excluding hydrogens is 418 g/mol. The van der Waals surface area contributed by atoms with Crippen molar-refractivity contribution in [2.24, 2.45) is 0 Å². The van der Waals surface area contributed by atoms with Crippen LogP contribution in [0.2, 0.25) is 0 Å². The van der Waals surface area contributed by atoms with E-state index in [2.05, 4.69) is 22.6 Å². The summed E-state index contributed by atoms with van der Waals surface area (Å²) in [7, 11) is 2.12. The number of carbonyl (C=O) groups is 2. The standard InChI is InChI=1S/C22H23N3O3S2/c1-25-11-3-2-4-16(25)13-23-20(26)15-7-5-14(6-8-15)18-10-9-17(28-18)12-19-21(27)24-22(29)30-19/h5-10,12,16H,2-4,11,13H2,1H3,(H,23,26)(H,24,27,29)/b19-12-. The number of nitrogens with one attached hydrogen (secondary N) is 2. The van der Waals surface area contributed by atoms with Crippen LogP contribution in [0.1, 0.15) is 35.4 Å². The zero-order valence-electron chi connectivity index (χ0n) is 16.6. The van der Waals surface area contributed by atoms with Crippen LogP contribution in [0.5, 0.6) is 0 Å². The second-order valence-electron chi connectivity index (χ2n) is 7.47. The topological polar surface area (TPSA) is 74.6 Å². The highest BCUT2D eigenvalue weighted by atomic mass is 32.2. The van der Waals surface area contributed by atoms with Crippen LogP contribution >= 0.6 is 24.0 Å². The number of thiocarbonyl (C=S) groups is 1. The van der Waals surface area contributed by atoms with Gasteiger partial charge in [0.05, 0.1) is 4.91 Å². The molecule has 30 heavy (non-hydrogen) atoms. The lowest BCUT2D eigenvalue weighted by Crippen LogP contribution is -2.44. The van der Waals surface area contributed by atoms with Crippen molar-refractivity contribution in [1.29, 1.82) is 0 Å². The lowest BCUT2D eigenvalue weighted by atomic mass is 10.0. The number of likely N-dealkylation sites (N-methyl/N-ethyl adjacent to an activating group) is 1. The summed E-state index contributed by atoms with van der Waals surface area (Å²) >= 11 is 6.21. The number of nitrogens with zero attached hydrogens (tertiary/aromatic N) is 1. The molecule has 1 atom stereocenters. The van der Waals surface area contributed by atoms with E-state index in [1.165, 1.54) is 24.6 Å². The van der Waals surface area contributed by atoms with E-state index in [0.29, 0.717) is 38.9 Å². The van der Waals surface area contributed by atoms with E-state index in [9.17, 15) is 9.59 Å². The molecule has 8 heteroatoms. The van der Waals surface area contributed by atoms with E-state index in [4.69, 9.17) is 16.6 Å². The van der Waals surface area contributed by atoms with E-state index in [1.54, 1.807) is 24.3 Å². The average Bonchev–Trinajstić information content (AvgIpc) is 3.33. The molecule has 2 aliphatic heterocycles. The number of thioether (sulfide) groups is 1. The first-order valence-electron chi connectivity index (χ1n) is 9.93. The zero-order chi connectivity index (χ0) is 21.1. The predicted molar refractivity (Wildman–Crippen MR) is 123 cm³/mol. The summed E-state index contributed by atoms with van der Waals surface area (Å²) in [4.78, 5) is 27.1. The Morgan fingerprint density at radius 1 is 1.30 bits per heavy atom. The summed E-state index contributed by atoms with van der Waals surface area (Å²) in [5.74, 6) is 0.970. The number of hydrogen-bond acceptors (Lipinski definition) is 6. The first-order valence-corrected chi connectivity index (χ1v) is 11.2. The largest absolute Gasteiger partial charge is 0.457 e. The molecule has 6 nitrogen and oxygen atoms in total. The van der Waals surface area contributed by atoms with E-state index in [-0.39, 0.29) is 11.8 Å². The van der Waals surface area contributed by atoms with Crippen molar-refractivity contribution in [1.82, 2.24) is 15.5 Å². The van der Waals surface area contributed by atoms with Crippen LogP contribution in [-0.2, 0) is 4.79 Å². The van der Waals surface area contributed by atoms with E-state index in [1.807, 2.05) is 18.2 Å². The van der Waals surface area contributed by atoms with Gasteiger partial charge in [0.1, 0.15) is 15.8 Å². The molecule has 3 heterocycles. The summed E-state index contributed by atoms with van der Waals surface area (Å²) in [5.41, 5.74) is 1.49. The van der Waals surface area contributed by atoms with Crippen molar-refractivity contribution in [2.75, 3.05) is 20.1 Å². The van der Waals surface area contributed by atoms with E-state index < -0.39 is 0 Å². The van der Waals surface area contributed by atoms with E-state index in [0.717, 1.165) is 18.5 Å². The van der Waals surface area contributed by atoms with Crippen molar-refractivity contribution >= 4 is 46.2 Å². The molecule has 0 aliphatic carbocycles. The Morgan fingerprint density at radius 3 is 2.80 bits per heavy atom. The first kappa shape index (κ1) is 20.8. The second kappa shape index (κ2) is 9.16. The molecular formula is C22H23N3O3S2. The summed E-state index contributed by atoms with van der Waals surface area (Å²) in [5, 5.41) is 5.63. The first-order chi connectivity index (χ1) is 14.5. The molecule has 2 aliphatic rings. The Bertz CT molecular complexity index is 997. The highest BCUT2D eigenvalue weighted by Crippen LogP contribution is 2.29. The molecule has 0 spiro atoms. The van der Waals surface area contributed by atoms with Crippen LogP contribution in [0.25, 0.3) is 17.4 Å². The summed E-state index contributed by atoms with van der Waals surface area (Å²) in [6.07, 6.45) is 5.25. The molecule has 2 fully saturated rings. The van der Waals surface area contributed by atoms with Gasteiger partial charge in [0.2, 0.25) is 0 Å². The van der Waals surface area contributed by atoms with Crippen molar-refractivity contribution in [3.05, 3.63) is 52.6 Å². The minimum Gasteiger partial charge on any atom is -0.457 e. The maximum atomic E-state index is 12.5. The van der Waals surface area contributed by atoms with Crippen molar-refractivity contribution in [3.63, 3.8) is 0 Å². The molecule has 2 saturated heterocycles. The zero-order valence-corrected chi connectivity index (χ0v) is 18.3. The fraction of sp³-hybridized carbons (Fsp3) is 0.318. The van der Waals surface area contributed by atoms with Crippen LogP contribution < -0.4 is 10.6 Å². The Labute approximate surface area is 185 Å². The molecule has 2 N–H and O–H groups in total. The van der Waals surface area contributed by atoms with Crippen molar-refractivity contribution in [2.45, 2.75) is 25.3 Å². The predicted octanol–water partition coefficient (Wildman–Crippen LogP) is 3.65. The van der Waals surface area contributed by atoms with Crippen LogP contribution in [0.15, 0.2) is 45.7 Å². The van der Waals surface area contributed by atoms with Crippen molar-refractivity contribution < 1.29 is 14.0 Å². The van der Waals surface area contributed by atoms with Crippen LogP contribution in [-0.4, -0.2) is 47.2 Å². The Morgan fingerprint density at radius 2 is 2.10 bits per heavy atom. The number of piperidine rings is 1. The van der Waals surface area contributed by atoms with Gasteiger partial charge in [-0.15, -0.1) is 0 Å². The maximum Gasteiger partial charge on any atom is 0.263 e. The number of likely N-dealkylation sites (tertiary alicyclic amines) is 1. The summed E-state index contributed by atoms with van der Waals surface area (Å²) in [6.45, 7) is 1.76. The minimum absolute atomic E-state index is 0.0642. The van der Waals surface area contributed by atoms with Gasteiger partial charge in [-0.3, -0.25) is 9.59 Å². The number of furan rings is 1. The smallest absolute Gasteiger partial charge is 0.263 e. The van der Waals surface area contributed by atoms with Crippen LogP contribution in [0, 0.1) is 0 Å². The molecule has 2 amide bonds. The Kier molecular flexibility index (Phi) is 6.36. The van der Waals surface area contributed by atoms with Crippen LogP contribution in [0.4, 0.5) is 0 Å². The van der Waals surface area contributed by atoms with Gasteiger partial charge in [0.25, 0.3) is 11.8 Å². The van der Waals surface area contributed by atoms with Gasteiger partial charge in [-0.1, -0.05) is 42.5 Å². The number of benzene rings is 1. The Balaban J connectivity index is 1.38. The number of carbonyl (C=O) groups excluding carboxylic acids is 2. The van der Waals surface area contributed by atoms with Gasteiger partial charge in [-0.2, -0.15) is 0 Å². The lowest BCUT2D eigenvalue weighted by molar-refractivity contribution is -0.115. The van der Waals surface area contributed by atoms with Gasteiger partial charge in [0.15, 0.2) is 0 Å². The molecule has 1 aromatic heterocycles. The van der Waals surface area contributed by atoms with Gasteiger partial charge in [-0.25, -0.2) is 0 Å². The fourth-order valence-corrected chi connectivity index (χ4v) is 4.66. The SMILES string of the molecule is CN1CCCCC1CNC(=O)c1ccc(-c2ccc(/C=C3\SC(=S)NC3=O)o2)cc1. The quantitative estimate of drug-likeness (QED) is 0.545. The third-order valence-electron chi connectivity index (χ3n) is 5.39. The highest BCUT2D eigenvalue weighted by molar-refractivity contribution is 8.26. The average molecular weight is 442 g/mol. The second-order valence-corrected chi connectivity index (χ2v) is 9.19. The summed E-state index contributed by atoms with van der Waals surface area (Å²) < 4.78 is 6.28. The molecule has 2 aromatic rings. The van der Waals surface area contributed by atoms with Gasteiger partial charge >= 0.3 is 0 Å². The Hall–Kier alpha value is -2.42. The molecule has 156 valence electrons. The molecule has 0 bridgehead atoms. The fourth-order valence-electron chi connectivity index (χ4n) is 3.64. The number of amides is 2. The lowest BCUT2D eigenvalue weighted by Gasteiger charge is -2.32. The normalized spacial score (nSPS) is 21.1. The molecule has 1 unspecified atom stereocenters. The third kappa shape index (κ3) is 4.83. The number of rotatable bonds is 5. The monoisotopic (exact) mass is 441 g/mol. The van der Waals surface area contributed by atoms with Gasteiger partial charge in [0, 0.05) is 29.8 Å². The maximum absolute atomic E-state index is 12.5. The minimum atomic E-state index is -0.210. The number of hydrogen-bond donors (Lipinski definition) is 2. The van der Waals surface area contributed by atoms with Gasteiger partial charge in [-0.05, 0) is 50.7 Å². The van der Waals surface area contributed by atoms with E-state index >= 15 is 0 Å². The molecule has 4 rings (SSSR count). The highest BCUT2D eigenvalue weighted by Gasteiger charge is 2.23. The molecule has 1 aromatic carbocycles. The molecule has 0 saturated carbocycles. The third-order valence-corrected chi connectivity index (χ3v) is 6.56. The summed E-state index contributed by atoms with van der Waals surface area (Å²) in [6, 6.07) is 11.4. The van der Waals surface area contributed by atoms with Crippen molar-refractivity contribution in [3.8, 4) is 11.3 Å².